The van der Waals surface area contributed by atoms with Crippen molar-refractivity contribution >= 4 is 5.97 Å². The molecule has 1 unspecified atom stereocenters. The molecular formula is C9H11NO3. The predicted octanol–water partition coefficient (Wildman–Crippen LogP) is 0.523. The highest BCUT2D eigenvalue weighted by atomic mass is 16.6. The van der Waals surface area contributed by atoms with Gasteiger partial charge in [0.25, 0.3) is 0 Å². The lowest BCUT2D eigenvalue weighted by molar-refractivity contribution is -0.148. The molecular weight excluding hydrogens is 170 g/mol. The molecule has 1 aromatic carbocycles. The molecule has 0 fully saturated rings. The second-order valence-corrected chi connectivity index (χ2v) is 2.37. The topological polar surface area (TPSA) is 61.5 Å². The molecule has 4 nitrogen and oxygen atoms in total. The molecule has 0 saturated heterocycles. The second-order valence-electron chi connectivity index (χ2n) is 2.37. The van der Waals surface area contributed by atoms with E-state index in [9.17, 15) is 4.79 Å². The Morgan fingerprint density at radius 1 is 1.38 bits per heavy atom. The average Bonchev–Trinajstić information content (AvgIpc) is 2.18. The maximum Gasteiger partial charge on any atom is 0.362 e. The number of benzene rings is 1. The van der Waals surface area contributed by atoms with Crippen LogP contribution in [-0.4, -0.2) is 19.3 Å². The van der Waals surface area contributed by atoms with Gasteiger partial charge in [0.15, 0.2) is 0 Å². The molecule has 0 spiro atoms. The first-order valence-electron chi connectivity index (χ1n) is 3.79. The normalized spacial score (nSPS) is 11.8. The smallest absolute Gasteiger partial charge is 0.362 e. The second kappa shape index (κ2) is 4.47. The highest BCUT2D eigenvalue weighted by Gasteiger charge is 2.14. The molecule has 0 aliphatic rings. The Balaban J connectivity index is 2.55. The molecule has 2 N–H and O–H groups in total. The SMILES string of the molecule is COC(=O)C(N)Oc1ccccc1. The Bertz CT molecular complexity index is 273. The lowest BCUT2D eigenvalue weighted by atomic mass is 10.3. The van der Waals surface area contributed by atoms with E-state index in [1.165, 1.54) is 7.11 Å². The Kier molecular flexibility index (Phi) is 3.28. The van der Waals surface area contributed by atoms with Crippen molar-refractivity contribution in [2.45, 2.75) is 6.23 Å². The number of methoxy groups -OCH3 is 1. The summed E-state index contributed by atoms with van der Waals surface area (Å²) in [5.74, 6) is -0.0516. The van der Waals surface area contributed by atoms with Gasteiger partial charge in [0.2, 0.25) is 6.23 Å². The number of rotatable bonds is 3. The summed E-state index contributed by atoms with van der Waals surface area (Å²) in [6.07, 6.45) is -1.06. The van der Waals surface area contributed by atoms with Gasteiger partial charge in [-0.15, -0.1) is 0 Å². The molecule has 0 amide bonds. The Morgan fingerprint density at radius 2 is 2.00 bits per heavy atom. The van der Waals surface area contributed by atoms with E-state index in [2.05, 4.69) is 4.74 Å². The van der Waals surface area contributed by atoms with Crippen molar-refractivity contribution in [3.05, 3.63) is 30.3 Å². The minimum Gasteiger partial charge on any atom is -0.465 e. The quantitative estimate of drug-likeness (QED) is 0.545. The van der Waals surface area contributed by atoms with Crippen molar-refractivity contribution in [3.8, 4) is 5.75 Å². The number of hydrogen-bond donors (Lipinski definition) is 1. The Morgan fingerprint density at radius 3 is 2.54 bits per heavy atom. The minimum atomic E-state index is -1.06. The van der Waals surface area contributed by atoms with Crippen molar-refractivity contribution < 1.29 is 14.3 Å². The van der Waals surface area contributed by atoms with Gasteiger partial charge in [-0.25, -0.2) is 4.79 Å². The van der Waals surface area contributed by atoms with Gasteiger partial charge < -0.3 is 9.47 Å². The number of hydrogen-bond acceptors (Lipinski definition) is 4. The van der Waals surface area contributed by atoms with E-state index < -0.39 is 12.2 Å². The lowest BCUT2D eigenvalue weighted by Crippen LogP contribution is -2.37. The number of esters is 1. The van der Waals surface area contributed by atoms with E-state index in [0.717, 1.165) is 0 Å². The number of para-hydroxylation sites is 1. The van der Waals surface area contributed by atoms with Crippen LogP contribution in [0.1, 0.15) is 0 Å². The molecule has 0 radical (unpaired) electrons. The van der Waals surface area contributed by atoms with Crippen LogP contribution in [0.3, 0.4) is 0 Å². The third-order valence-corrected chi connectivity index (χ3v) is 1.44. The first kappa shape index (κ1) is 9.54. The van der Waals surface area contributed by atoms with E-state index in [1.807, 2.05) is 6.07 Å². The summed E-state index contributed by atoms with van der Waals surface area (Å²) in [5, 5.41) is 0. The zero-order chi connectivity index (χ0) is 9.68. The molecule has 0 aromatic heterocycles. The van der Waals surface area contributed by atoms with Crippen LogP contribution in [0, 0.1) is 0 Å². The fraction of sp³-hybridized carbons (Fsp3) is 0.222. The van der Waals surface area contributed by atoms with Gasteiger partial charge in [0.1, 0.15) is 5.75 Å². The van der Waals surface area contributed by atoms with E-state index in [-0.39, 0.29) is 0 Å². The molecule has 0 saturated carbocycles. The number of carbonyl (C=O) groups excluding carboxylic acids is 1. The predicted molar refractivity (Wildman–Crippen MR) is 47.1 cm³/mol. The average molecular weight is 181 g/mol. The summed E-state index contributed by atoms with van der Waals surface area (Å²) in [7, 11) is 1.26. The van der Waals surface area contributed by atoms with E-state index in [1.54, 1.807) is 24.3 Å². The summed E-state index contributed by atoms with van der Waals surface area (Å²) in [6, 6.07) is 8.85. The van der Waals surface area contributed by atoms with Crippen molar-refractivity contribution in [1.82, 2.24) is 0 Å². The van der Waals surface area contributed by atoms with Gasteiger partial charge in [0, 0.05) is 0 Å². The lowest BCUT2D eigenvalue weighted by Gasteiger charge is -2.11. The van der Waals surface area contributed by atoms with Gasteiger partial charge in [0.05, 0.1) is 7.11 Å². The molecule has 0 heterocycles. The Hall–Kier alpha value is -1.55. The van der Waals surface area contributed by atoms with Crippen LogP contribution in [0.25, 0.3) is 0 Å². The summed E-state index contributed by atoms with van der Waals surface area (Å²) < 4.78 is 9.47. The molecule has 4 heteroatoms. The third-order valence-electron chi connectivity index (χ3n) is 1.44. The summed E-state index contributed by atoms with van der Waals surface area (Å²) in [6.45, 7) is 0. The third kappa shape index (κ3) is 2.76. The fourth-order valence-electron chi connectivity index (χ4n) is 0.810. The monoisotopic (exact) mass is 181 g/mol. The van der Waals surface area contributed by atoms with Gasteiger partial charge in [-0.3, -0.25) is 5.73 Å². The van der Waals surface area contributed by atoms with Crippen LogP contribution in [-0.2, 0) is 9.53 Å². The van der Waals surface area contributed by atoms with Crippen LogP contribution in [0.5, 0.6) is 5.75 Å². The molecule has 0 aliphatic carbocycles. The minimum absolute atomic E-state index is 0.542. The number of ether oxygens (including phenoxy) is 2. The van der Waals surface area contributed by atoms with Gasteiger partial charge in [-0.2, -0.15) is 0 Å². The maximum absolute atomic E-state index is 10.8. The van der Waals surface area contributed by atoms with E-state index >= 15 is 0 Å². The molecule has 0 bridgehead atoms. The van der Waals surface area contributed by atoms with Crippen LogP contribution in [0.2, 0.25) is 0 Å². The molecule has 70 valence electrons. The number of nitrogens with two attached hydrogens (primary N) is 1. The fourth-order valence-corrected chi connectivity index (χ4v) is 0.810. The van der Waals surface area contributed by atoms with Crippen LogP contribution in [0.15, 0.2) is 30.3 Å². The highest BCUT2D eigenvalue weighted by Crippen LogP contribution is 2.09. The van der Waals surface area contributed by atoms with Gasteiger partial charge in [-0.1, -0.05) is 18.2 Å². The molecule has 1 rings (SSSR count). The molecule has 1 atom stereocenters. The van der Waals surface area contributed by atoms with Crippen molar-refractivity contribution in [1.29, 1.82) is 0 Å². The summed E-state index contributed by atoms with van der Waals surface area (Å²) in [5.41, 5.74) is 5.36. The first-order chi connectivity index (χ1) is 6.24. The Labute approximate surface area is 76.3 Å². The summed E-state index contributed by atoms with van der Waals surface area (Å²) >= 11 is 0. The highest BCUT2D eigenvalue weighted by molar-refractivity contribution is 5.74. The standard InChI is InChI=1S/C9H11NO3/c1-12-9(11)8(10)13-7-5-3-2-4-6-7/h2-6,8H,10H2,1H3. The molecule has 1 aromatic rings. The van der Waals surface area contributed by atoms with Crippen LogP contribution >= 0.6 is 0 Å². The maximum atomic E-state index is 10.8. The van der Waals surface area contributed by atoms with Crippen molar-refractivity contribution in [3.63, 3.8) is 0 Å². The van der Waals surface area contributed by atoms with Crippen LogP contribution in [0.4, 0.5) is 0 Å². The van der Waals surface area contributed by atoms with Gasteiger partial charge >= 0.3 is 5.97 Å². The van der Waals surface area contributed by atoms with Crippen molar-refractivity contribution in [2.75, 3.05) is 7.11 Å². The molecule has 13 heavy (non-hydrogen) atoms. The van der Waals surface area contributed by atoms with E-state index in [0.29, 0.717) is 5.75 Å². The zero-order valence-corrected chi connectivity index (χ0v) is 7.27. The van der Waals surface area contributed by atoms with Crippen LogP contribution < -0.4 is 10.5 Å². The number of carbonyl (C=O) groups is 1. The zero-order valence-electron chi connectivity index (χ0n) is 7.27. The summed E-state index contributed by atoms with van der Waals surface area (Å²) in [4.78, 5) is 10.8. The largest absolute Gasteiger partial charge is 0.465 e. The first-order valence-corrected chi connectivity index (χ1v) is 3.79. The van der Waals surface area contributed by atoms with E-state index in [4.69, 9.17) is 10.5 Å². The van der Waals surface area contributed by atoms with Crippen molar-refractivity contribution in [2.24, 2.45) is 5.73 Å². The van der Waals surface area contributed by atoms with Gasteiger partial charge in [-0.05, 0) is 12.1 Å². The molecule has 0 aliphatic heterocycles.